The summed E-state index contributed by atoms with van der Waals surface area (Å²) in [5, 5.41) is 0. The van der Waals surface area contributed by atoms with Crippen molar-refractivity contribution in [3.05, 3.63) is 24.0 Å². The fourth-order valence-electron chi connectivity index (χ4n) is 3.37. The minimum Gasteiger partial charge on any atom is -0.399 e. The number of fused-ring (bicyclic) bond motifs is 1. The Balaban J connectivity index is 2.13. The molecule has 0 radical (unpaired) electrons. The first-order chi connectivity index (χ1) is 9.65. The summed E-state index contributed by atoms with van der Waals surface area (Å²) in [5.74, 6) is 2.66. The minimum atomic E-state index is 0.509. The lowest BCUT2D eigenvalue weighted by Gasteiger charge is -2.25. The van der Waals surface area contributed by atoms with Gasteiger partial charge in [0.1, 0.15) is 5.82 Å². The van der Waals surface area contributed by atoms with Crippen molar-refractivity contribution in [2.75, 3.05) is 5.73 Å². The zero-order valence-corrected chi connectivity index (χ0v) is 12.8. The van der Waals surface area contributed by atoms with Gasteiger partial charge in [0.05, 0.1) is 11.0 Å². The van der Waals surface area contributed by atoms with Gasteiger partial charge in [0.15, 0.2) is 0 Å². The molecule has 3 nitrogen and oxygen atoms in total. The summed E-state index contributed by atoms with van der Waals surface area (Å²) in [4.78, 5) is 4.89. The van der Waals surface area contributed by atoms with Gasteiger partial charge in [0.25, 0.3) is 0 Å². The Kier molecular flexibility index (Phi) is 3.45. The molecule has 0 bridgehead atoms. The van der Waals surface area contributed by atoms with Crippen molar-refractivity contribution in [3.63, 3.8) is 0 Å². The second kappa shape index (κ2) is 5.12. The third kappa shape index (κ3) is 2.19. The molecule has 20 heavy (non-hydrogen) atoms. The summed E-state index contributed by atoms with van der Waals surface area (Å²) in [6.45, 7) is 6.93. The Hall–Kier alpha value is -1.51. The maximum atomic E-state index is 5.91. The van der Waals surface area contributed by atoms with E-state index >= 15 is 0 Å². The van der Waals surface area contributed by atoms with E-state index in [1.807, 2.05) is 12.1 Å². The topological polar surface area (TPSA) is 43.8 Å². The second-order valence-electron chi connectivity index (χ2n) is 6.18. The standard InChI is InChI=1S/C17H25N3/c1-4-12(5-2)11(3)20-16-9-8-14(18)10-15(16)19-17(20)13-6-7-13/h8-13H,4-7,18H2,1-3H3. The van der Waals surface area contributed by atoms with Gasteiger partial charge in [-0.05, 0) is 43.9 Å². The molecule has 1 atom stereocenters. The van der Waals surface area contributed by atoms with E-state index in [0.717, 1.165) is 11.2 Å². The Morgan fingerprint density at radius 2 is 2.00 bits per heavy atom. The van der Waals surface area contributed by atoms with Gasteiger partial charge < -0.3 is 10.3 Å². The third-order valence-electron chi connectivity index (χ3n) is 4.82. The number of rotatable bonds is 5. The Morgan fingerprint density at radius 1 is 1.30 bits per heavy atom. The van der Waals surface area contributed by atoms with E-state index in [2.05, 4.69) is 31.4 Å². The lowest BCUT2D eigenvalue weighted by atomic mass is 9.95. The first-order valence-electron chi connectivity index (χ1n) is 7.93. The highest BCUT2D eigenvalue weighted by Gasteiger charge is 2.32. The SMILES string of the molecule is CCC(CC)C(C)n1c(C2CC2)nc2cc(N)ccc21. The summed E-state index contributed by atoms with van der Waals surface area (Å²) >= 11 is 0. The minimum absolute atomic E-state index is 0.509. The van der Waals surface area contributed by atoms with Crippen molar-refractivity contribution < 1.29 is 0 Å². The van der Waals surface area contributed by atoms with Crippen LogP contribution >= 0.6 is 0 Å². The van der Waals surface area contributed by atoms with Crippen LogP contribution in [0.25, 0.3) is 11.0 Å². The number of nitrogens with two attached hydrogens (primary N) is 1. The predicted molar refractivity (Wildman–Crippen MR) is 84.9 cm³/mol. The first-order valence-corrected chi connectivity index (χ1v) is 7.93. The van der Waals surface area contributed by atoms with Crippen LogP contribution in [0.3, 0.4) is 0 Å². The molecule has 0 aliphatic heterocycles. The first kappa shape index (κ1) is 13.5. The number of hydrogen-bond donors (Lipinski definition) is 1. The van der Waals surface area contributed by atoms with Crippen molar-refractivity contribution in [1.82, 2.24) is 9.55 Å². The van der Waals surface area contributed by atoms with Gasteiger partial charge in [0, 0.05) is 17.6 Å². The lowest BCUT2D eigenvalue weighted by Crippen LogP contribution is -2.17. The van der Waals surface area contributed by atoms with Crippen LogP contribution in [0.4, 0.5) is 5.69 Å². The van der Waals surface area contributed by atoms with E-state index < -0.39 is 0 Å². The zero-order valence-electron chi connectivity index (χ0n) is 12.8. The van der Waals surface area contributed by atoms with Crippen molar-refractivity contribution in [2.24, 2.45) is 5.92 Å². The Morgan fingerprint density at radius 3 is 2.60 bits per heavy atom. The molecule has 1 saturated carbocycles. The van der Waals surface area contributed by atoms with Crippen molar-refractivity contribution in [2.45, 2.75) is 58.4 Å². The van der Waals surface area contributed by atoms with Crippen molar-refractivity contribution in [3.8, 4) is 0 Å². The van der Waals surface area contributed by atoms with E-state index in [-0.39, 0.29) is 0 Å². The molecule has 0 saturated heterocycles. The molecule has 1 fully saturated rings. The van der Waals surface area contributed by atoms with E-state index in [1.165, 1.54) is 37.0 Å². The molecule has 108 valence electrons. The number of benzene rings is 1. The average molecular weight is 271 g/mol. The third-order valence-corrected chi connectivity index (χ3v) is 4.82. The van der Waals surface area contributed by atoms with Crippen LogP contribution in [0.2, 0.25) is 0 Å². The highest BCUT2D eigenvalue weighted by atomic mass is 15.1. The number of imidazole rings is 1. The van der Waals surface area contributed by atoms with E-state index in [1.54, 1.807) is 0 Å². The molecule has 0 amide bonds. The molecule has 1 heterocycles. The molecule has 0 spiro atoms. The van der Waals surface area contributed by atoms with Crippen molar-refractivity contribution in [1.29, 1.82) is 0 Å². The second-order valence-corrected chi connectivity index (χ2v) is 6.18. The Labute approximate surface area is 121 Å². The average Bonchev–Trinajstić information content (AvgIpc) is 3.21. The van der Waals surface area contributed by atoms with Gasteiger partial charge in [-0.25, -0.2) is 4.98 Å². The number of hydrogen-bond acceptors (Lipinski definition) is 2. The Bertz CT molecular complexity index is 606. The number of nitrogen functional groups attached to an aromatic ring is 1. The normalized spacial score (nSPS) is 17.0. The summed E-state index contributed by atoms with van der Waals surface area (Å²) in [5.41, 5.74) is 9.03. The smallest absolute Gasteiger partial charge is 0.113 e. The molecule has 3 rings (SSSR count). The predicted octanol–water partition coefficient (Wildman–Crippen LogP) is 4.49. The fraction of sp³-hybridized carbons (Fsp3) is 0.588. The van der Waals surface area contributed by atoms with Gasteiger partial charge in [0.2, 0.25) is 0 Å². The highest BCUT2D eigenvalue weighted by molar-refractivity contribution is 5.80. The van der Waals surface area contributed by atoms with Gasteiger partial charge >= 0.3 is 0 Å². The van der Waals surface area contributed by atoms with Crippen LogP contribution in [0.15, 0.2) is 18.2 Å². The molecule has 2 N–H and O–H groups in total. The summed E-state index contributed by atoms with van der Waals surface area (Å²) in [7, 11) is 0. The van der Waals surface area contributed by atoms with E-state index in [9.17, 15) is 0 Å². The molecule has 1 unspecified atom stereocenters. The molecule has 1 aromatic carbocycles. The highest BCUT2D eigenvalue weighted by Crippen LogP contribution is 2.43. The molecule has 1 aliphatic carbocycles. The molecule has 3 heteroatoms. The van der Waals surface area contributed by atoms with E-state index in [4.69, 9.17) is 10.7 Å². The van der Waals surface area contributed by atoms with Crippen LogP contribution < -0.4 is 5.73 Å². The number of aromatic nitrogens is 2. The molecular weight excluding hydrogens is 246 g/mol. The quantitative estimate of drug-likeness (QED) is 0.814. The zero-order chi connectivity index (χ0) is 14.3. The largest absolute Gasteiger partial charge is 0.399 e. The van der Waals surface area contributed by atoms with Crippen molar-refractivity contribution >= 4 is 16.7 Å². The van der Waals surface area contributed by atoms with E-state index in [0.29, 0.717) is 17.9 Å². The van der Waals surface area contributed by atoms with Gasteiger partial charge in [-0.3, -0.25) is 0 Å². The maximum Gasteiger partial charge on any atom is 0.113 e. The van der Waals surface area contributed by atoms with Crippen LogP contribution in [0.5, 0.6) is 0 Å². The van der Waals surface area contributed by atoms with Gasteiger partial charge in [-0.2, -0.15) is 0 Å². The summed E-state index contributed by atoms with van der Waals surface area (Å²) in [6.07, 6.45) is 5.01. The monoisotopic (exact) mass is 271 g/mol. The van der Waals surface area contributed by atoms with Gasteiger partial charge in [-0.15, -0.1) is 0 Å². The molecular formula is C17H25N3. The van der Waals surface area contributed by atoms with Gasteiger partial charge in [-0.1, -0.05) is 26.7 Å². The van der Waals surface area contributed by atoms with Crippen LogP contribution in [0, 0.1) is 5.92 Å². The summed E-state index contributed by atoms with van der Waals surface area (Å²) < 4.78 is 2.49. The van der Waals surface area contributed by atoms with Crippen LogP contribution in [0.1, 0.15) is 64.2 Å². The molecule has 1 aliphatic rings. The maximum absolute atomic E-state index is 5.91. The molecule has 2 aromatic rings. The van der Waals surface area contributed by atoms with Crippen LogP contribution in [-0.2, 0) is 0 Å². The summed E-state index contributed by atoms with van der Waals surface area (Å²) in [6, 6.07) is 6.66. The lowest BCUT2D eigenvalue weighted by molar-refractivity contribution is 0.332. The fourth-order valence-corrected chi connectivity index (χ4v) is 3.37. The number of nitrogens with zero attached hydrogens (tertiary/aromatic N) is 2. The molecule has 1 aromatic heterocycles. The van der Waals surface area contributed by atoms with Crippen LogP contribution in [-0.4, -0.2) is 9.55 Å². The number of anilines is 1.